The second-order valence-corrected chi connectivity index (χ2v) is 6.08. The van der Waals surface area contributed by atoms with Gasteiger partial charge in [-0.05, 0) is 19.8 Å². The zero-order chi connectivity index (χ0) is 14.4. The second kappa shape index (κ2) is 9.26. The van der Waals surface area contributed by atoms with E-state index in [4.69, 9.17) is 0 Å². The summed E-state index contributed by atoms with van der Waals surface area (Å²) in [4.78, 5) is 26.1. The van der Waals surface area contributed by atoms with Crippen LogP contribution in [0.3, 0.4) is 0 Å². The largest absolute Gasteiger partial charge is 0.353 e. The van der Waals surface area contributed by atoms with Crippen LogP contribution in [0.1, 0.15) is 45.4 Å². The van der Waals surface area contributed by atoms with Crippen LogP contribution in [0.4, 0.5) is 0 Å². The molecule has 2 amide bonds. The van der Waals surface area contributed by atoms with Crippen molar-refractivity contribution in [3.8, 4) is 0 Å². The first kappa shape index (κ1) is 18.2. The Morgan fingerprint density at radius 3 is 2.43 bits per heavy atom. The molecule has 0 aromatic carbocycles. The van der Waals surface area contributed by atoms with E-state index in [0.29, 0.717) is 6.42 Å². The van der Waals surface area contributed by atoms with Crippen LogP contribution < -0.4 is 10.6 Å². The first-order valence-electron chi connectivity index (χ1n) is 7.95. The summed E-state index contributed by atoms with van der Waals surface area (Å²) in [6.45, 7) is 5.23. The number of nitrogens with zero attached hydrogens (tertiary/aromatic N) is 1. The summed E-state index contributed by atoms with van der Waals surface area (Å²) >= 11 is 0. The molecule has 6 heteroatoms. The van der Waals surface area contributed by atoms with Gasteiger partial charge in [0.2, 0.25) is 11.8 Å². The highest BCUT2D eigenvalue weighted by Crippen LogP contribution is 2.23. The van der Waals surface area contributed by atoms with Gasteiger partial charge < -0.3 is 15.5 Å². The summed E-state index contributed by atoms with van der Waals surface area (Å²) < 4.78 is 0. The van der Waals surface area contributed by atoms with Gasteiger partial charge >= 0.3 is 0 Å². The van der Waals surface area contributed by atoms with Crippen molar-refractivity contribution in [2.45, 2.75) is 51.5 Å². The molecule has 2 fully saturated rings. The van der Waals surface area contributed by atoms with Crippen molar-refractivity contribution in [1.29, 1.82) is 0 Å². The van der Waals surface area contributed by atoms with Gasteiger partial charge in [-0.2, -0.15) is 0 Å². The minimum atomic E-state index is -0.0631. The van der Waals surface area contributed by atoms with Crippen LogP contribution in [0.2, 0.25) is 0 Å². The smallest absolute Gasteiger partial charge is 0.224 e. The number of hydrogen-bond donors (Lipinski definition) is 2. The predicted molar refractivity (Wildman–Crippen MR) is 85.5 cm³/mol. The third-order valence-electron chi connectivity index (χ3n) is 4.32. The molecule has 2 rings (SSSR count). The monoisotopic (exact) mass is 317 g/mol. The Morgan fingerprint density at radius 1 is 1.19 bits per heavy atom. The van der Waals surface area contributed by atoms with E-state index in [2.05, 4.69) is 10.6 Å². The summed E-state index contributed by atoms with van der Waals surface area (Å²) in [7, 11) is 0. The van der Waals surface area contributed by atoms with E-state index >= 15 is 0 Å². The minimum absolute atomic E-state index is 0. The average Bonchev–Trinajstić information content (AvgIpc) is 2.49. The molecule has 0 bridgehead atoms. The number of piperazine rings is 1. The Kier molecular flexibility index (Phi) is 8.04. The highest BCUT2D eigenvalue weighted by molar-refractivity contribution is 5.85. The summed E-state index contributed by atoms with van der Waals surface area (Å²) in [5.74, 6) is 0.466. The van der Waals surface area contributed by atoms with Gasteiger partial charge in [0.1, 0.15) is 0 Å². The van der Waals surface area contributed by atoms with E-state index in [1.807, 2.05) is 11.8 Å². The van der Waals surface area contributed by atoms with Crippen LogP contribution in [0.25, 0.3) is 0 Å². The van der Waals surface area contributed by atoms with Crippen LogP contribution in [0.15, 0.2) is 0 Å². The van der Waals surface area contributed by atoms with Crippen molar-refractivity contribution >= 4 is 24.2 Å². The van der Waals surface area contributed by atoms with Gasteiger partial charge in [0.25, 0.3) is 0 Å². The topological polar surface area (TPSA) is 61.4 Å². The Bertz CT molecular complexity index is 308. The molecule has 0 aromatic rings. The van der Waals surface area contributed by atoms with Gasteiger partial charge in [-0.3, -0.25) is 9.59 Å². The standard InChI is InChI=1S/C15H27N3O2.ClH/c1-12(11-14(19)18-9-7-16-8-10-18)17-15(20)13-5-3-2-4-6-13;/h12-13,16H,2-11H2,1H3,(H,17,20);1H. The highest BCUT2D eigenvalue weighted by Gasteiger charge is 2.24. The quantitative estimate of drug-likeness (QED) is 0.822. The van der Waals surface area contributed by atoms with E-state index in [1.165, 1.54) is 6.42 Å². The van der Waals surface area contributed by atoms with Gasteiger partial charge in [0.05, 0.1) is 0 Å². The second-order valence-electron chi connectivity index (χ2n) is 6.08. The Hall–Kier alpha value is -0.810. The van der Waals surface area contributed by atoms with Crippen LogP contribution in [-0.4, -0.2) is 48.9 Å². The third-order valence-corrected chi connectivity index (χ3v) is 4.32. The zero-order valence-corrected chi connectivity index (χ0v) is 13.7. The lowest BCUT2D eigenvalue weighted by Crippen LogP contribution is -2.48. The molecule has 5 nitrogen and oxygen atoms in total. The van der Waals surface area contributed by atoms with Crippen LogP contribution >= 0.6 is 12.4 Å². The van der Waals surface area contributed by atoms with Crippen molar-refractivity contribution in [2.24, 2.45) is 5.92 Å². The van der Waals surface area contributed by atoms with Crippen LogP contribution in [-0.2, 0) is 9.59 Å². The minimum Gasteiger partial charge on any atom is -0.353 e. The summed E-state index contributed by atoms with van der Waals surface area (Å²) in [5.41, 5.74) is 0. The summed E-state index contributed by atoms with van der Waals surface area (Å²) in [6.07, 6.45) is 5.99. The molecule has 1 unspecified atom stereocenters. The molecule has 0 aromatic heterocycles. The fourth-order valence-corrected chi connectivity index (χ4v) is 3.08. The maximum absolute atomic E-state index is 12.1. The molecular formula is C15H28ClN3O2. The molecule has 1 atom stereocenters. The molecular weight excluding hydrogens is 290 g/mol. The summed E-state index contributed by atoms with van der Waals surface area (Å²) in [6, 6.07) is -0.0631. The number of carbonyl (C=O) groups excluding carboxylic acids is 2. The fourth-order valence-electron chi connectivity index (χ4n) is 3.08. The van der Waals surface area contributed by atoms with E-state index in [1.54, 1.807) is 0 Å². The molecule has 1 heterocycles. The van der Waals surface area contributed by atoms with Crippen molar-refractivity contribution in [3.63, 3.8) is 0 Å². The van der Waals surface area contributed by atoms with Gasteiger partial charge in [-0.25, -0.2) is 0 Å². The van der Waals surface area contributed by atoms with Gasteiger partial charge in [0, 0.05) is 44.6 Å². The van der Waals surface area contributed by atoms with Crippen LogP contribution in [0.5, 0.6) is 0 Å². The number of carbonyl (C=O) groups is 2. The Balaban J connectivity index is 0.00000220. The molecule has 1 aliphatic carbocycles. The molecule has 0 spiro atoms. The van der Waals surface area contributed by atoms with E-state index in [0.717, 1.165) is 51.9 Å². The maximum atomic E-state index is 12.1. The predicted octanol–water partition coefficient (Wildman–Crippen LogP) is 1.32. The third kappa shape index (κ3) is 5.83. The first-order chi connectivity index (χ1) is 9.66. The SMILES string of the molecule is CC(CC(=O)N1CCNCC1)NC(=O)C1CCCCC1.Cl. The average molecular weight is 318 g/mol. The number of rotatable bonds is 4. The highest BCUT2D eigenvalue weighted by atomic mass is 35.5. The molecule has 2 N–H and O–H groups in total. The van der Waals surface area contributed by atoms with Crippen molar-refractivity contribution in [1.82, 2.24) is 15.5 Å². The Morgan fingerprint density at radius 2 is 1.81 bits per heavy atom. The number of amides is 2. The molecule has 1 saturated heterocycles. The van der Waals surface area contributed by atoms with E-state index in [-0.39, 0.29) is 36.2 Å². The summed E-state index contributed by atoms with van der Waals surface area (Å²) in [5, 5.41) is 6.25. The van der Waals surface area contributed by atoms with E-state index < -0.39 is 0 Å². The van der Waals surface area contributed by atoms with Gasteiger partial charge in [-0.1, -0.05) is 19.3 Å². The molecule has 21 heavy (non-hydrogen) atoms. The van der Waals surface area contributed by atoms with Gasteiger partial charge in [0.15, 0.2) is 0 Å². The molecule has 122 valence electrons. The number of hydrogen-bond acceptors (Lipinski definition) is 3. The normalized spacial score (nSPS) is 21.3. The maximum Gasteiger partial charge on any atom is 0.224 e. The van der Waals surface area contributed by atoms with Crippen molar-refractivity contribution in [2.75, 3.05) is 26.2 Å². The van der Waals surface area contributed by atoms with Gasteiger partial charge in [-0.15, -0.1) is 12.4 Å². The number of halogens is 1. The zero-order valence-electron chi connectivity index (χ0n) is 12.9. The number of nitrogens with one attached hydrogen (secondary N) is 2. The molecule has 1 aliphatic heterocycles. The molecule has 0 radical (unpaired) electrons. The van der Waals surface area contributed by atoms with Crippen molar-refractivity contribution in [3.05, 3.63) is 0 Å². The molecule has 1 saturated carbocycles. The lowest BCUT2D eigenvalue weighted by molar-refractivity contribution is -0.132. The Labute approximate surface area is 133 Å². The van der Waals surface area contributed by atoms with Crippen molar-refractivity contribution < 1.29 is 9.59 Å². The lowest BCUT2D eigenvalue weighted by Gasteiger charge is -2.29. The van der Waals surface area contributed by atoms with E-state index in [9.17, 15) is 9.59 Å². The van der Waals surface area contributed by atoms with Crippen LogP contribution in [0, 0.1) is 5.92 Å². The fraction of sp³-hybridized carbons (Fsp3) is 0.867. The first-order valence-corrected chi connectivity index (χ1v) is 7.95. The molecule has 2 aliphatic rings. The lowest BCUT2D eigenvalue weighted by atomic mass is 9.88.